The molecule has 3 amide bonds. The highest BCUT2D eigenvalue weighted by molar-refractivity contribution is 6.04. The molecule has 0 atom stereocenters. The fourth-order valence-corrected chi connectivity index (χ4v) is 7.81. The number of aryl methyl sites for hydroxylation is 4. The number of piperazine rings is 1. The number of rotatable bonds is 19. The number of anilines is 1. The van der Waals surface area contributed by atoms with Gasteiger partial charge < -0.3 is 40.3 Å². The van der Waals surface area contributed by atoms with Gasteiger partial charge >= 0.3 is 0 Å². The number of ether oxygens (including phenoxy) is 2. The van der Waals surface area contributed by atoms with Crippen LogP contribution >= 0.6 is 0 Å². The summed E-state index contributed by atoms with van der Waals surface area (Å²) in [5.74, 6) is -0.469. The number of aromatic nitrogens is 8. The van der Waals surface area contributed by atoms with Crippen molar-refractivity contribution in [1.82, 2.24) is 48.9 Å². The van der Waals surface area contributed by atoms with Crippen LogP contribution in [0.2, 0.25) is 0 Å². The summed E-state index contributed by atoms with van der Waals surface area (Å²) in [7, 11) is 1.48. The lowest BCUT2D eigenvalue weighted by molar-refractivity contribution is 0.0975. The van der Waals surface area contributed by atoms with Crippen LogP contribution in [0.1, 0.15) is 79.2 Å². The minimum absolute atomic E-state index is 0.0580. The van der Waals surface area contributed by atoms with E-state index in [1.54, 1.807) is 44.3 Å². The summed E-state index contributed by atoms with van der Waals surface area (Å²) in [5, 5.41) is 15.2. The maximum Gasteiger partial charge on any atom is 0.276 e. The third kappa shape index (κ3) is 9.23. The van der Waals surface area contributed by atoms with Crippen LogP contribution in [0, 0.1) is 13.8 Å². The summed E-state index contributed by atoms with van der Waals surface area (Å²) >= 11 is 0. The molecule has 1 saturated heterocycles. The number of nitrogens with zero attached hydrogens (tertiary/aromatic N) is 9. The second-order valence-corrected chi connectivity index (χ2v) is 15.1. The maximum absolute atomic E-state index is 13.9. The Labute approximate surface area is 358 Å². The Morgan fingerprint density at radius 2 is 1.37 bits per heavy atom. The molecule has 62 heavy (non-hydrogen) atoms. The standard InChI is InChI=1S/C43H53N13O6/c1-6-55-32(19-26(3)50-55)34(57)25-37-47-30-21-29(41(45)59)24-36(62-18-10-13-52-16-11-46-12-17-52)39(30)53(37)14-8-9-15-54-38-31(22-28(40(44)58)23-35(38)61-5)48-43(54)49-42(60)33-20-27(4)51-56(33)7-2/h8-9,19-24,46H,6-7,10-18,25H2,1-5H3,(H2,44,58)(H2,45,59)(H,48,49,60)/b9-8+. The summed E-state index contributed by atoms with van der Waals surface area (Å²) in [6.45, 7) is 13.9. The van der Waals surface area contributed by atoms with Crippen molar-refractivity contribution in [1.29, 1.82) is 0 Å². The van der Waals surface area contributed by atoms with Crippen molar-refractivity contribution in [3.8, 4) is 11.5 Å². The Morgan fingerprint density at radius 3 is 2.00 bits per heavy atom. The van der Waals surface area contributed by atoms with E-state index in [1.807, 2.05) is 44.4 Å². The Kier molecular flexibility index (Phi) is 13.1. The zero-order chi connectivity index (χ0) is 44.1. The summed E-state index contributed by atoms with van der Waals surface area (Å²) in [6, 6.07) is 9.79. The number of fused-ring (bicyclic) bond motifs is 2. The fourth-order valence-electron chi connectivity index (χ4n) is 7.81. The summed E-state index contributed by atoms with van der Waals surface area (Å²) in [6.07, 6.45) is 4.49. The number of benzene rings is 2. The molecule has 1 fully saturated rings. The highest BCUT2D eigenvalue weighted by Gasteiger charge is 2.24. The van der Waals surface area contributed by atoms with Crippen LogP contribution in [0.3, 0.4) is 0 Å². The van der Waals surface area contributed by atoms with Crippen LogP contribution in [0.15, 0.2) is 48.6 Å². The molecule has 1 aliphatic rings. The lowest BCUT2D eigenvalue weighted by Gasteiger charge is -2.27. The van der Waals surface area contributed by atoms with Crippen LogP contribution < -0.4 is 31.6 Å². The molecule has 0 unspecified atom stereocenters. The number of amides is 3. The third-order valence-corrected chi connectivity index (χ3v) is 10.8. The van der Waals surface area contributed by atoms with E-state index in [2.05, 4.69) is 25.7 Å². The van der Waals surface area contributed by atoms with Crippen LogP contribution in [0.5, 0.6) is 11.5 Å². The van der Waals surface area contributed by atoms with Crippen molar-refractivity contribution in [3.05, 3.63) is 88.3 Å². The zero-order valence-electron chi connectivity index (χ0n) is 35.7. The maximum atomic E-state index is 13.9. The largest absolute Gasteiger partial charge is 0.494 e. The monoisotopic (exact) mass is 847 g/mol. The molecule has 0 spiro atoms. The van der Waals surface area contributed by atoms with Gasteiger partial charge in [0.1, 0.15) is 39.7 Å². The molecule has 4 aromatic heterocycles. The van der Waals surface area contributed by atoms with Crippen molar-refractivity contribution in [3.63, 3.8) is 0 Å². The molecule has 2 aromatic carbocycles. The van der Waals surface area contributed by atoms with Crippen molar-refractivity contribution >= 4 is 51.5 Å². The average molecular weight is 848 g/mol. The predicted octanol–water partition coefficient (Wildman–Crippen LogP) is 3.25. The van der Waals surface area contributed by atoms with Gasteiger partial charge in [-0.2, -0.15) is 10.2 Å². The molecular weight excluding hydrogens is 795 g/mol. The van der Waals surface area contributed by atoms with Gasteiger partial charge in [0.15, 0.2) is 5.78 Å². The van der Waals surface area contributed by atoms with Gasteiger partial charge in [-0.1, -0.05) is 12.2 Å². The predicted molar refractivity (Wildman–Crippen MR) is 233 cm³/mol. The van der Waals surface area contributed by atoms with E-state index >= 15 is 0 Å². The summed E-state index contributed by atoms with van der Waals surface area (Å²) in [4.78, 5) is 64.4. The smallest absolute Gasteiger partial charge is 0.276 e. The van der Waals surface area contributed by atoms with Crippen LogP contribution in [0.4, 0.5) is 5.95 Å². The van der Waals surface area contributed by atoms with E-state index in [1.165, 1.54) is 13.2 Å². The number of Topliss-reactive ketones (excluding diaryl/α,β-unsaturated/α-hetero) is 1. The number of primary amides is 2. The number of carbonyl (C=O) groups excluding carboxylic acids is 4. The first-order chi connectivity index (χ1) is 29.9. The molecule has 19 nitrogen and oxygen atoms in total. The normalized spacial score (nSPS) is 13.4. The number of nitrogens with one attached hydrogen (secondary N) is 2. The Bertz CT molecular complexity index is 2680. The minimum atomic E-state index is -0.658. The molecule has 6 N–H and O–H groups in total. The highest BCUT2D eigenvalue weighted by atomic mass is 16.5. The highest BCUT2D eigenvalue weighted by Crippen LogP contribution is 2.32. The molecule has 6 aromatic rings. The number of methoxy groups -OCH3 is 1. The van der Waals surface area contributed by atoms with Crippen molar-refractivity contribution in [2.75, 3.05) is 51.8 Å². The number of allylic oxidation sites excluding steroid dienone is 2. The second-order valence-electron chi connectivity index (χ2n) is 15.1. The molecule has 326 valence electrons. The molecule has 19 heteroatoms. The topological polar surface area (TPSA) is 237 Å². The Hall–Kier alpha value is -6.86. The molecule has 0 aliphatic carbocycles. The zero-order valence-corrected chi connectivity index (χ0v) is 35.7. The quantitative estimate of drug-likeness (QED) is 0.0522. The minimum Gasteiger partial charge on any atom is -0.494 e. The molecule has 0 radical (unpaired) electrons. The van der Waals surface area contributed by atoms with Gasteiger partial charge in [0.2, 0.25) is 17.8 Å². The van der Waals surface area contributed by atoms with E-state index in [-0.39, 0.29) is 42.4 Å². The van der Waals surface area contributed by atoms with Crippen LogP contribution in [0.25, 0.3) is 22.1 Å². The number of hydrogen-bond acceptors (Lipinski definition) is 12. The Morgan fingerprint density at radius 1 is 0.790 bits per heavy atom. The second kappa shape index (κ2) is 18.8. The van der Waals surface area contributed by atoms with E-state index in [0.29, 0.717) is 76.2 Å². The SMILES string of the molecule is CCn1nc(C)cc1C(=O)Cc1nc2cc(C(N)=O)cc(OCCCN3CCNCC3)c2n1C/C=C/Cn1c(NC(=O)c2cc(C)nn2CC)nc2cc(C(N)=O)cc(OC)c21. The lowest BCUT2D eigenvalue weighted by atomic mass is 10.1. The number of nitrogens with two attached hydrogens (primary N) is 2. The number of hydrogen-bond donors (Lipinski definition) is 4. The number of ketones is 1. The Balaban J connectivity index is 1.25. The molecule has 1 aliphatic heterocycles. The van der Waals surface area contributed by atoms with E-state index in [0.717, 1.165) is 44.8 Å². The van der Waals surface area contributed by atoms with E-state index in [4.69, 9.17) is 30.9 Å². The first kappa shape index (κ1) is 43.2. The van der Waals surface area contributed by atoms with Gasteiger partial charge in [0, 0.05) is 70.0 Å². The molecule has 0 bridgehead atoms. The van der Waals surface area contributed by atoms with Gasteiger partial charge in [-0.05, 0) is 70.5 Å². The van der Waals surface area contributed by atoms with Crippen LogP contribution in [-0.4, -0.2) is 114 Å². The van der Waals surface area contributed by atoms with Gasteiger partial charge in [0.25, 0.3) is 5.91 Å². The van der Waals surface area contributed by atoms with Crippen molar-refractivity contribution in [2.45, 2.75) is 66.7 Å². The van der Waals surface area contributed by atoms with Crippen LogP contribution in [-0.2, 0) is 32.6 Å². The first-order valence-electron chi connectivity index (χ1n) is 20.7. The number of carbonyl (C=O) groups is 4. The van der Waals surface area contributed by atoms with E-state index in [9.17, 15) is 19.2 Å². The molecule has 7 rings (SSSR count). The average Bonchev–Trinajstić information content (AvgIpc) is 4.03. The van der Waals surface area contributed by atoms with Crippen molar-refractivity contribution in [2.24, 2.45) is 11.5 Å². The molecular formula is C43H53N13O6. The number of imidazole rings is 2. The van der Waals surface area contributed by atoms with Gasteiger partial charge in [0.05, 0.1) is 42.6 Å². The summed E-state index contributed by atoms with van der Waals surface area (Å²) in [5.41, 5.74) is 16.1. The third-order valence-electron chi connectivity index (χ3n) is 10.8. The lowest BCUT2D eigenvalue weighted by Crippen LogP contribution is -2.43. The van der Waals surface area contributed by atoms with Gasteiger partial charge in [-0.15, -0.1) is 0 Å². The summed E-state index contributed by atoms with van der Waals surface area (Å²) < 4.78 is 19.1. The molecule has 0 saturated carbocycles. The van der Waals surface area contributed by atoms with Gasteiger partial charge in [-0.25, -0.2) is 9.97 Å². The fraction of sp³-hybridized carbons (Fsp3) is 0.395. The van der Waals surface area contributed by atoms with Crippen molar-refractivity contribution < 1.29 is 28.7 Å². The first-order valence-corrected chi connectivity index (χ1v) is 20.7. The van der Waals surface area contributed by atoms with E-state index < -0.39 is 17.7 Å². The van der Waals surface area contributed by atoms with Gasteiger partial charge in [-0.3, -0.25) is 33.9 Å². The molecule has 5 heterocycles.